The quantitative estimate of drug-likeness (QED) is 0.495. The molecule has 0 saturated carbocycles. The summed E-state index contributed by atoms with van der Waals surface area (Å²) in [6.07, 6.45) is 5.98. The number of likely N-dealkylation sites (tertiary alicyclic amines) is 1. The zero-order valence-electron chi connectivity index (χ0n) is 15.1. The van der Waals surface area contributed by atoms with Gasteiger partial charge < -0.3 is 0 Å². The molecule has 0 aromatic heterocycles. The van der Waals surface area contributed by atoms with Crippen molar-refractivity contribution in [3.63, 3.8) is 0 Å². The molecule has 136 valence electrons. The first-order valence-electron chi connectivity index (χ1n) is 8.46. The number of carbonyl (C=O) groups excluding carboxylic acids is 5. The zero-order chi connectivity index (χ0) is 19.2. The lowest BCUT2D eigenvalue weighted by atomic mass is 9.79. The molecule has 3 amide bonds. The predicted octanol–water partition coefficient (Wildman–Crippen LogP) is 2.05. The van der Waals surface area contributed by atoms with Crippen LogP contribution in [0.2, 0.25) is 0 Å². The maximum absolute atomic E-state index is 12.3. The van der Waals surface area contributed by atoms with Gasteiger partial charge in [0.25, 0.3) is 0 Å². The van der Waals surface area contributed by atoms with E-state index >= 15 is 0 Å². The highest BCUT2D eigenvalue weighted by Gasteiger charge is 2.34. The molecule has 1 fully saturated rings. The minimum atomic E-state index is -0.575. The van der Waals surface area contributed by atoms with Crippen LogP contribution in [-0.2, 0) is 24.0 Å². The fraction of sp³-hybridized carbons (Fsp3) is 0.632. The monoisotopic (exact) mass is 347 g/mol. The van der Waals surface area contributed by atoms with Crippen molar-refractivity contribution in [2.45, 2.75) is 65.7 Å². The first-order chi connectivity index (χ1) is 11.6. The normalized spacial score (nSPS) is 15.8. The van der Waals surface area contributed by atoms with Crippen molar-refractivity contribution in [2.24, 2.45) is 11.3 Å². The Morgan fingerprint density at radius 3 is 2.16 bits per heavy atom. The number of terminal acetylenes is 1. The van der Waals surface area contributed by atoms with Gasteiger partial charge in [-0.1, -0.05) is 20.8 Å². The van der Waals surface area contributed by atoms with Gasteiger partial charge in [-0.2, -0.15) is 0 Å². The number of ketones is 2. The molecule has 1 saturated heterocycles. The number of hydrogen-bond acceptors (Lipinski definition) is 5. The van der Waals surface area contributed by atoms with Gasteiger partial charge in [0.15, 0.2) is 0 Å². The van der Waals surface area contributed by atoms with Crippen LogP contribution in [0.5, 0.6) is 0 Å². The van der Waals surface area contributed by atoms with Crippen LogP contribution in [-0.4, -0.2) is 34.2 Å². The highest BCUT2D eigenvalue weighted by molar-refractivity contribution is 6.15. The van der Waals surface area contributed by atoms with Crippen molar-refractivity contribution in [1.29, 1.82) is 0 Å². The minimum Gasteiger partial charge on any atom is -0.300 e. The Labute approximate surface area is 148 Å². The second-order valence-electron chi connectivity index (χ2n) is 7.33. The van der Waals surface area contributed by atoms with E-state index in [-0.39, 0.29) is 56.5 Å². The summed E-state index contributed by atoms with van der Waals surface area (Å²) in [5.74, 6) is 0.194. The highest BCUT2D eigenvalue weighted by atomic mass is 16.2. The first kappa shape index (κ1) is 20.8. The van der Waals surface area contributed by atoms with E-state index in [1.54, 1.807) is 20.8 Å². The van der Waals surface area contributed by atoms with Crippen LogP contribution < -0.4 is 0 Å². The Morgan fingerprint density at radius 1 is 1.12 bits per heavy atom. The molecule has 0 N–H and O–H groups in total. The third-order valence-electron chi connectivity index (χ3n) is 4.10. The Kier molecular flexibility index (Phi) is 7.22. The summed E-state index contributed by atoms with van der Waals surface area (Å²) in [7, 11) is 0. The van der Waals surface area contributed by atoms with E-state index in [2.05, 4.69) is 5.92 Å². The Bertz CT molecular complexity index is 605. The van der Waals surface area contributed by atoms with Crippen molar-refractivity contribution in [3.05, 3.63) is 0 Å². The highest BCUT2D eigenvalue weighted by Crippen LogP contribution is 2.25. The molecule has 6 heteroatoms. The summed E-state index contributed by atoms with van der Waals surface area (Å²) < 4.78 is 0. The number of carbonyl (C=O) groups is 5. The number of rotatable bonds is 8. The van der Waals surface area contributed by atoms with Crippen LogP contribution in [0.3, 0.4) is 0 Å². The summed E-state index contributed by atoms with van der Waals surface area (Å²) >= 11 is 0. The first-order valence-corrected chi connectivity index (χ1v) is 8.46. The largest absolute Gasteiger partial charge is 0.300 e. The summed E-state index contributed by atoms with van der Waals surface area (Å²) in [5.41, 5.74) is -0.575. The molecule has 1 aliphatic heterocycles. The van der Waals surface area contributed by atoms with Gasteiger partial charge in [0.2, 0.25) is 17.7 Å². The van der Waals surface area contributed by atoms with Crippen molar-refractivity contribution < 1.29 is 24.0 Å². The van der Waals surface area contributed by atoms with Gasteiger partial charge in [0.05, 0.1) is 0 Å². The van der Waals surface area contributed by atoms with Crippen molar-refractivity contribution >= 4 is 29.3 Å². The number of nitrogens with zero attached hydrogens (tertiary/aromatic N) is 1. The summed E-state index contributed by atoms with van der Waals surface area (Å²) in [4.78, 5) is 60.0. The second-order valence-corrected chi connectivity index (χ2v) is 7.33. The van der Waals surface area contributed by atoms with Gasteiger partial charge in [0, 0.05) is 49.9 Å². The maximum atomic E-state index is 12.3. The summed E-state index contributed by atoms with van der Waals surface area (Å²) in [6.45, 7) is 5.35. The van der Waals surface area contributed by atoms with Crippen LogP contribution in [0.15, 0.2) is 0 Å². The smallest absolute Gasteiger partial charge is 0.236 e. The van der Waals surface area contributed by atoms with Gasteiger partial charge in [0.1, 0.15) is 11.6 Å². The minimum absolute atomic E-state index is 0.0454. The zero-order valence-corrected chi connectivity index (χ0v) is 15.1. The van der Waals surface area contributed by atoms with E-state index in [1.165, 1.54) is 0 Å². The Hall–Kier alpha value is -2.29. The van der Waals surface area contributed by atoms with E-state index in [9.17, 15) is 24.0 Å². The number of amides is 3. The van der Waals surface area contributed by atoms with Crippen LogP contribution in [0.4, 0.5) is 0 Å². The number of Topliss-reactive ketones (excluding diaryl/α,β-unsaturated/α-hetero) is 2. The molecule has 0 radical (unpaired) electrons. The second kappa shape index (κ2) is 8.70. The van der Waals surface area contributed by atoms with Crippen molar-refractivity contribution in [1.82, 2.24) is 4.90 Å². The van der Waals surface area contributed by atoms with E-state index < -0.39 is 29.1 Å². The van der Waals surface area contributed by atoms with Crippen molar-refractivity contribution in [3.8, 4) is 12.3 Å². The SMILES string of the molecule is C#CCC(CC(=O)CCCC(=O)N1C(=O)CCC1=O)C(=O)C(C)(C)C. The number of hydrogen-bond donors (Lipinski definition) is 0. The molecule has 1 rings (SSSR count). The molecule has 1 atom stereocenters. The van der Waals surface area contributed by atoms with Crippen LogP contribution in [0.1, 0.15) is 65.7 Å². The molecule has 0 aliphatic carbocycles. The average molecular weight is 347 g/mol. The Morgan fingerprint density at radius 2 is 1.68 bits per heavy atom. The summed E-state index contributed by atoms with van der Waals surface area (Å²) in [6, 6.07) is 0. The maximum Gasteiger partial charge on any atom is 0.236 e. The topological polar surface area (TPSA) is 88.6 Å². The predicted molar refractivity (Wildman–Crippen MR) is 91.0 cm³/mol. The lowest BCUT2D eigenvalue weighted by Gasteiger charge is -2.23. The van der Waals surface area contributed by atoms with E-state index in [0.717, 1.165) is 0 Å². The molecule has 1 unspecified atom stereocenters. The van der Waals surface area contributed by atoms with Crippen molar-refractivity contribution in [2.75, 3.05) is 0 Å². The lowest BCUT2D eigenvalue weighted by molar-refractivity contribution is -0.149. The summed E-state index contributed by atoms with van der Waals surface area (Å²) in [5, 5.41) is 0. The van der Waals surface area contributed by atoms with Gasteiger partial charge in [-0.25, -0.2) is 4.90 Å². The fourth-order valence-electron chi connectivity index (χ4n) is 2.79. The van der Waals surface area contributed by atoms with Gasteiger partial charge in [-0.05, 0) is 6.42 Å². The molecule has 1 heterocycles. The van der Waals surface area contributed by atoms with Gasteiger partial charge >= 0.3 is 0 Å². The van der Waals surface area contributed by atoms with Gasteiger partial charge in [-0.3, -0.25) is 24.0 Å². The lowest BCUT2D eigenvalue weighted by Crippen LogP contribution is -2.35. The van der Waals surface area contributed by atoms with Crippen LogP contribution in [0.25, 0.3) is 0 Å². The molecule has 0 spiro atoms. The van der Waals surface area contributed by atoms with Crippen LogP contribution >= 0.6 is 0 Å². The van der Waals surface area contributed by atoms with Crippen LogP contribution in [0, 0.1) is 23.7 Å². The number of imide groups is 3. The third-order valence-corrected chi connectivity index (χ3v) is 4.10. The van der Waals surface area contributed by atoms with E-state index in [4.69, 9.17) is 6.42 Å². The molecular weight excluding hydrogens is 322 g/mol. The van der Waals surface area contributed by atoms with E-state index in [1.807, 2.05) is 0 Å². The van der Waals surface area contributed by atoms with E-state index in [0.29, 0.717) is 4.90 Å². The fourth-order valence-corrected chi connectivity index (χ4v) is 2.79. The standard InChI is InChI=1S/C19H25NO5/c1-5-7-13(18(25)19(2,3)4)12-14(21)8-6-9-15(22)20-16(23)10-11-17(20)24/h1,13H,6-12H2,2-4H3. The van der Waals surface area contributed by atoms with Gasteiger partial charge in [-0.15, -0.1) is 12.3 Å². The molecule has 6 nitrogen and oxygen atoms in total. The Balaban J connectivity index is 2.49. The third kappa shape index (κ3) is 5.93. The molecule has 0 bridgehead atoms. The molecule has 25 heavy (non-hydrogen) atoms. The molecule has 0 aromatic rings. The molecule has 0 aromatic carbocycles. The molecule has 1 aliphatic rings. The molecular formula is C19H25NO5. The average Bonchev–Trinajstić information content (AvgIpc) is 2.84.